The van der Waals surface area contributed by atoms with Gasteiger partial charge in [-0.05, 0) is 41.5 Å². The summed E-state index contributed by atoms with van der Waals surface area (Å²) in [6, 6.07) is 19.8. The number of ether oxygens (including phenoxy) is 3. The van der Waals surface area contributed by atoms with Crippen LogP contribution >= 0.6 is 12.4 Å². The third-order valence-electron chi connectivity index (χ3n) is 4.90. The number of hydrogen-bond donors (Lipinski definition) is 1. The van der Waals surface area contributed by atoms with Gasteiger partial charge in [0, 0.05) is 17.1 Å². The molecule has 0 amide bonds. The van der Waals surface area contributed by atoms with Crippen LogP contribution < -0.4 is 19.5 Å². The van der Waals surface area contributed by atoms with Gasteiger partial charge in [-0.1, -0.05) is 36.4 Å². The first-order valence-corrected chi connectivity index (χ1v) is 9.76. The van der Waals surface area contributed by atoms with Crippen molar-refractivity contribution in [3.05, 3.63) is 78.1 Å². The van der Waals surface area contributed by atoms with Gasteiger partial charge in [-0.3, -0.25) is 0 Å². The lowest BCUT2D eigenvalue weighted by molar-refractivity contribution is 0.356. The molecule has 3 aromatic carbocycles. The summed E-state index contributed by atoms with van der Waals surface area (Å²) < 4.78 is 16.0. The quantitative estimate of drug-likeness (QED) is 0.349. The molecule has 0 spiro atoms. The Labute approximate surface area is 193 Å². The van der Waals surface area contributed by atoms with E-state index >= 15 is 0 Å². The maximum atomic E-state index is 5.42. The Hall–Kier alpha value is -3.77. The summed E-state index contributed by atoms with van der Waals surface area (Å²) in [5, 5.41) is 4.21. The molecule has 0 aliphatic carbocycles. The van der Waals surface area contributed by atoms with Crippen LogP contribution in [-0.4, -0.2) is 31.3 Å². The minimum atomic E-state index is 0. The molecule has 0 unspecified atom stereocenters. The van der Waals surface area contributed by atoms with E-state index < -0.39 is 0 Å². The summed E-state index contributed by atoms with van der Waals surface area (Å²) in [5.41, 5.74) is 3.91. The summed E-state index contributed by atoms with van der Waals surface area (Å²) in [6.45, 7) is 0. The van der Waals surface area contributed by atoms with E-state index in [0.29, 0.717) is 17.3 Å². The van der Waals surface area contributed by atoms with Crippen LogP contribution in [0.1, 0.15) is 11.1 Å². The van der Waals surface area contributed by atoms with Gasteiger partial charge in [0.25, 0.3) is 0 Å². The molecule has 0 saturated heterocycles. The maximum absolute atomic E-state index is 5.42. The van der Waals surface area contributed by atoms with Crippen molar-refractivity contribution in [2.45, 2.75) is 0 Å². The van der Waals surface area contributed by atoms with Crippen molar-refractivity contribution in [1.29, 1.82) is 0 Å². The molecule has 6 nitrogen and oxygen atoms in total. The third-order valence-corrected chi connectivity index (χ3v) is 4.90. The van der Waals surface area contributed by atoms with E-state index in [1.54, 1.807) is 21.3 Å². The highest BCUT2D eigenvalue weighted by Crippen LogP contribution is 2.34. The molecule has 0 aliphatic rings. The monoisotopic (exact) mass is 449 g/mol. The zero-order valence-electron chi connectivity index (χ0n) is 18.0. The molecule has 1 heterocycles. The van der Waals surface area contributed by atoms with Crippen molar-refractivity contribution in [3.63, 3.8) is 0 Å². The van der Waals surface area contributed by atoms with Crippen LogP contribution in [0.2, 0.25) is 0 Å². The van der Waals surface area contributed by atoms with Crippen LogP contribution in [0.25, 0.3) is 23.1 Å². The van der Waals surface area contributed by atoms with Crippen LogP contribution in [0.4, 0.5) is 11.5 Å². The van der Waals surface area contributed by atoms with Crippen LogP contribution in [0.5, 0.6) is 17.2 Å². The fraction of sp³-hybridized carbons (Fsp3) is 0.120. The zero-order valence-corrected chi connectivity index (χ0v) is 18.8. The van der Waals surface area contributed by atoms with E-state index in [9.17, 15) is 0 Å². The molecule has 4 aromatic rings. The number of nitrogens with one attached hydrogen (secondary N) is 1. The first-order valence-electron chi connectivity index (χ1n) is 9.76. The average Bonchev–Trinajstić information content (AvgIpc) is 2.83. The van der Waals surface area contributed by atoms with Crippen molar-refractivity contribution < 1.29 is 14.2 Å². The lowest BCUT2D eigenvalue weighted by atomic mass is 10.1. The molecule has 0 bridgehead atoms. The Balaban J connectivity index is 0.00000289. The molecule has 4 rings (SSSR count). The Bertz CT molecular complexity index is 1210. The second kappa shape index (κ2) is 10.5. The summed E-state index contributed by atoms with van der Waals surface area (Å²) in [7, 11) is 4.88. The number of methoxy groups -OCH3 is 3. The predicted octanol–water partition coefficient (Wildman–Crippen LogP) is 5.99. The molecule has 164 valence electrons. The zero-order chi connectivity index (χ0) is 21.6. The van der Waals surface area contributed by atoms with Crippen LogP contribution in [-0.2, 0) is 0 Å². The second-order valence-corrected chi connectivity index (χ2v) is 6.80. The smallest absolute Gasteiger partial charge is 0.162 e. The highest BCUT2D eigenvalue weighted by atomic mass is 35.5. The molecule has 1 aromatic heterocycles. The molecule has 7 heteroatoms. The van der Waals surface area contributed by atoms with E-state index in [0.717, 1.165) is 33.5 Å². The summed E-state index contributed by atoms with van der Waals surface area (Å²) in [4.78, 5) is 8.74. The number of halogens is 1. The third kappa shape index (κ3) is 5.10. The second-order valence-electron chi connectivity index (χ2n) is 6.80. The Morgan fingerprint density at radius 1 is 0.719 bits per heavy atom. The first kappa shape index (κ1) is 22.9. The number of anilines is 2. The van der Waals surface area contributed by atoms with Gasteiger partial charge in [0.15, 0.2) is 11.5 Å². The van der Waals surface area contributed by atoms with Gasteiger partial charge >= 0.3 is 0 Å². The molecule has 0 radical (unpaired) electrons. The van der Waals surface area contributed by atoms with E-state index in [1.165, 1.54) is 6.33 Å². The summed E-state index contributed by atoms with van der Waals surface area (Å²) in [5.74, 6) is 2.81. The van der Waals surface area contributed by atoms with Gasteiger partial charge in [-0.2, -0.15) is 0 Å². The van der Waals surface area contributed by atoms with Gasteiger partial charge in [-0.15, -0.1) is 12.4 Å². The maximum Gasteiger partial charge on any atom is 0.162 e. The minimum absolute atomic E-state index is 0. The number of benzene rings is 3. The van der Waals surface area contributed by atoms with Crippen molar-refractivity contribution in [3.8, 4) is 17.2 Å². The number of hydrogen-bond acceptors (Lipinski definition) is 6. The normalized spacial score (nSPS) is 10.6. The first-order chi connectivity index (χ1) is 15.2. The molecule has 0 fully saturated rings. The number of aromatic nitrogens is 2. The van der Waals surface area contributed by atoms with Crippen molar-refractivity contribution in [2.24, 2.45) is 0 Å². The highest BCUT2D eigenvalue weighted by Gasteiger charge is 2.11. The van der Waals surface area contributed by atoms with Crippen molar-refractivity contribution in [2.75, 3.05) is 26.6 Å². The largest absolute Gasteiger partial charge is 0.497 e. The summed E-state index contributed by atoms with van der Waals surface area (Å²) >= 11 is 0. The molecule has 0 saturated carbocycles. The fourth-order valence-electron chi connectivity index (χ4n) is 3.20. The molecule has 32 heavy (non-hydrogen) atoms. The van der Waals surface area contributed by atoms with Crippen LogP contribution in [0.3, 0.4) is 0 Å². The Morgan fingerprint density at radius 2 is 1.31 bits per heavy atom. The van der Waals surface area contributed by atoms with Gasteiger partial charge in [0.05, 0.1) is 26.8 Å². The van der Waals surface area contributed by atoms with Gasteiger partial charge < -0.3 is 19.5 Å². The van der Waals surface area contributed by atoms with Gasteiger partial charge in [0.2, 0.25) is 0 Å². The fourth-order valence-corrected chi connectivity index (χ4v) is 3.20. The number of nitrogens with zero attached hydrogens (tertiary/aromatic N) is 2. The van der Waals surface area contributed by atoms with E-state index in [2.05, 4.69) is 39.6 Å². The van der Waals surface area contributed by atoms with E-state index in [-0.39, 0.29) is 12.4 Å². The van der Waals surface area contributed by atoms with Crippen LogP contribution in [0, 0.1) is 0 Å². The van der Waals surface area contributed by atoms with E-state index in [4.69, 9.17) is 14.2 Å². The highest BCUT2D eigenvalue weighted by molar-refractivity contribution is 5.93. The van der Waals surface area contributed by atoms with Crippen molar-refractivity contribution >= 4 is 47.0 Å². The predicted molar refractivity (Wildman–Crippen MR) is 132 cm³/mol. The van der Waals surface area contributed by atoms with Gasteiger partial charge in [-0.25, -0.2) is 9.97 Å². The molecular formula is C25H24ClN3O3. The van der Waals surface area contributed by atoms with Crippen molar-refractivity contribution in [1.82, 2.24) is 9.97 Å². The molecular weight excluding hydrogens is 426 g/mol. The molecule has 0 aliphatic heterocycles. The molecule has 1 N–H and O–H groups in total. The lowest BCUT2D eigenvalue weighted by Crippen LogP contribution is -1.98. The topological polar surface area (TPSA) is 65.5 Å². The average molecular weight is 450 g/mol. The Kier molecular flexibility index (Phi) is 7.52. The molecule has 0 atom stereocenters. The van der Waals surface area contributed by atoms with E-state index in [1.807, 2.05) is 48.5 Å². The van der Waals surface area contributed by atoms with Gasteiger partial charge in [0.1, 0.15) is 17.9 Å². The lowest BCUT2D eigenvalue weighted by Gasteiger charge is -2.12. The minimum Gasteiger partial charge on any atom is -0.497 e. The Morgan fingerprint density at radius 3 is 1.91 bits per heavy atom. The standard InChI is InChI=1S/C25H23N3O3.ClH/c1-29-20-12-8-18(9-13-20)5-4-17-6-10-19(11-7-17)28-25-21-14-23(30-2)24(31-3)15-22(21)26-16-27-25;/h4-16H,1-3H3,(H,26,27,28);1H/b5-4+;. The number of fused-ring (bicyclic) bond motifs is 1. The SMILES string of the molecule is COc1ccc(/C=C/c2ccc(Nc3ncnc4cc(OC)c(OC)cc34)cc2)cc1.Cl. The number of rotatable bonds is 7. The van der Waals surface area contributed by atoms with Crippen LogP contribution in [0.15, 0.2) is 67.0 Å². The summed E-state index contributed by atoms with van der Waals surface area (Å²) in [6.07, 6.45) is 5.67.